The SMILES string of the molecule is CCOC(=O)c1sc(NCC2CCCN(C)C2)nc1C. The molecule has 1 atom stereocenters. The summed E-state index contributed by atoms with van der Waals surface area (Å²) in [7, 11) is 2.17. The highest BCUT2D eigenvalue weighted by atomic mass is 32.1. The summed E-state index contributed by atoms with van der Waals surface area (Å²) in [6.07, 6.45) is 2.51. The van der Waals surface area contributed by atoms with E-state index in [-0.39, 0.29) is 5.97 Å². The number of carbonyl (C=O) groups is 1. The van der Waals surface area contributed by atoms with E-state index in [9.17, 15) is 4.79 Å². The van der Waals surface area contributed by atoms with Crippen molar-refractivity contribution in [3.8, 4) is 0 Å². The molecule has 1 unspecified atom stereocenters. The highest BCUT2D eigenvalue weighted by Gasteiger charge is 2.19. The predicted molar refractivity (Wildman–Crippen MR) is 81.5 cm³/mol. The lowest BCUT2D eigenvalue weighted by Gasteiger charge is -2.29. The van der Waals surface area contributed by atoms with Gasteiger partial charge in [0.15, 0.2) is 5.13 Å². The van der Waals surface area contributed by atoms with Gasteiger partial charge in [-0.15, -0.1) is 0 Å². The Morgan fingerprint density at radius 1 is 1.60 bits per heavy atom. The molecule has 0 bridgehead atoms. The van der Waals surface area contributed by atoms with Crippen LogP contribution in [0.1, 0.15) is 35.1 Å². The van der Waals surface area contributed by atoms with Crippen LogP contribution in [0.3, 0.4) is 0 Å². The fourth-order valence-corrected chi connectivity index (χ4v) is 3.40. The van der Waals surface area contributed by atoms with Crippen molar-refractivity contribution < 1.29 is 9.53 Å². The molecule has 0 radical (unpaired) electrons. The molecule has 0 saturated carbocycles. The van der Waals surface area contributed by atoms with Crippen molar-refractivity contribution in [3.05, 3.63) is 10.6 Å². The van der Waals surface area contributed by atoms with Crippen LogP contribution in [0.4, 0.5) is 5.13 Å². The Balaban J connectivity index is 1.90. The van der Waals surface area contributed by atoms with Crippen LogP contribution in [0.15, 0.2) is 0 Å². The van der Waals surface area contributed by atoms with Crippen molar-refractivity contribution in [2.24, 2.45) is 5.92 Å². The monoisotopic (exact) mass is 297 g/mol. The minimum absolute atomic E-state index is 0.270. The van der Waals surface area contributed by atoms with Gasteiger partial charge in [0.2, 0.25) is 0 Å². The van der Waals surface area contributed by atoms with Crippen LogP contribution in [0.25, 0.3) is 0 Å². The molecule has 6 heteroatoms. The maximum atomic E-state index is 11.7. The number of aryl methyl sites for hydroxylation is 1. The summed E-state index contributed by atoms with van der Waals surface area (Å²) in [6.45, 7) is 7.30. The molecule has 1 saturated heterocycles. The fourth-order valence-electron chi connectivity index (χ4n) is 2.53. The van der Waals surface area contributed by atoms with Crippen molar-refractivity contribution in [1.82, 2.24) is 9.88 Å². The minimum Gasteiger partial charge on any atom is -0.462 e. The van der Waals surface area contributed by atoms with Gasteiger partial charge in [-0.25, -0.2) is 9.78 Å². The van der Waals surface area contributed by atoms with Crippen LogP contribution < -0.4 is 5.32 Å². The van der Waals surface area contributed by atoms with Gasteiger partial charge in [0.1, 0.15) is 4.88 Å². The molecule has 5 nitrogen and oxygen atoms in total. The summed E-state index contributed by atoms with van der Waals surface area (Å²) in [5, 5.41) is 4.18. The van der Waals surface area contributed by atoms with Gasteiger partial charge in [0, 0.05) is 13.1 Å². The van der Waals surface area contributed by atoms with Crippen LogP contribution >= 0.6 is 11.3 Å². The lowest BCUT2D eigenvalue weighted by atomic mass is 9.99. The molecular formula is C14H23N3O2S. The zero-order chi connectivity index (χ0) is 14.5. The van der Waals surface area contributed by atoms with Crippen LogP contribution in [-0.4, -0.2) is 49.1 Å². The summed E-state index contributed by atoms with van der Waals surface area (Å²) in [6, 6.07) is 0. The number of hydrogen-bond donors (Lipinski definition) is 1. The first-order chi connectivity index (χ1) is 9.60. The maximum Gasteiger partial charge on any atom is 0.350 e. The molecule has 1 aromatic heterocycles. The molecule has 1 fully saturated rings. The van der Waals surface area contributed by atoms with E-state index >= 15 is 0 Å². The number of carbonyl (C=O) groups excluding carboxylic acids is 1. The van der Waals surface area contributed by atoms with Crippen LogP contribution in [-0.2, 0) is 4.74 Å². The van der Waals surface area contributed by atoms with Gasteiger partial charge in [-0.2, -0.15) is 0 Å². The lowest BCUT2D eigenvalue weighted by Crippen LogP contribution is -2.35. The molecule has 0 aliphatic carbocycles. The molecule has 1 aliphatic heterocycles. The average molecular weight is 297 g/mol. The summed E-state index contributed by atoms with van der Waals surface area (Å²) in [4.78, 5) is 19.1. The zero-order valence-corrected chi connectivity index (χ0v) is 13.3. The molecule has 0 amide bonds. The van der Waals surface area contributed by atoms with Crippen molar-refractivity contribution in [2.45, 2.75) is 26.7 Å². The number of hydrogen-bond acceptors (Lipinski definition) is 6. The Morgan fingerprint density at radius 3 is 3.10 bits per heavy atom. The van der Waals surface area contributed by atoms with Crippen LogP contribution in [0.5, 0.6) is 0 Å². The number of piperidine rings is 1. The van der Waals surface area contributed by atoms with E-state index in [0.717, 1.165) is 23.9 Å². The van der Waals surface area contributed by atoms with Crippen LogP contribution in [0.2, 0.25) is 0 Å². The summed E-state index contributed by atoms with van der Waals surface area (Å²) in [5.41, 5.74) is 0.747. The third-order valence-corrected chi connectivity index (χ3v) is 4.62. The second-order valence-corrected chi connectivity index (χ2v) is 6.30. The standard InChI is InChI=1S/C14H23N3O2S/c1-4-19-13(18)12-10(2)16-14(20-12)15-8-11-6-5-7-17(3)9-11/h11H,4-9H2,1-3H3,(H,15,16). The van der Waals surface area contributed by atoms with Gasteiger partial charge in [-0.3, -0.25) is 0 Å². The summed E-state index contributed by atoms with van der Waals surface area (Å²) in [5.74, 6) is 0.386. The van der Waals surface area contributed by atoms with E-state index in [1.807, 2.05) is 13.8 Å². The molecule has 112 valence electrons. The average Bonchev–Trinajstić information content (AvgIpc) is 2.78. The Bertz CT molecular complexity index is 461. The van der Waals surface area contributed by atoms with Gasteiger partial charge >= 0.3 is 5.97 Å². The Labute approximate surface area is 124 Å². The van der Waals surface area contributed by atoms with Gasteiger partial charge in [-0.1, -0.05) is 11.3 Å². The third-order valence-electron chi connectivity index (χ3n) is 3.52. The van der Waals surface area contributed by atoms with Gasteiger partial charge in [0.05, 0.1) is 12.3 Å². The first-order valence-electron chi connectivity index (χ1n) is 7.17. The molecule has 2 heterocycles. The van der Waals surface area contributed by atoms with E-state index in [2.05, 4.69) is 22.2 Å². The molecule has 1 aromatic rings. The number of thiazole rings is 1. The summed E-state index contributed by atoms with van der Waals surface area (Å²) >= 11 is 1.39. The number of rotatable bonds is 5. The van der Waals surface area contributed by atoms with Gasteiger partial charge in [-0.05, 0) is 46.2 Å². The second-order valence-electron chi connectivity index (χ2n) is 5.31. The quantitative estimate of drug-likeness (QED) is 0.846. The first-order valence-corrected chi connectivity index (χ1v) is 7.98. The molecule has 2 rings (SSSR count). The molecule has 0 spiro atoms. The first kappa shape index (κ1) is 15.3. The minimum atomic E-state index is -0.270. The number of likely N-dealkylation sites (tertiary alicyclic amines) is 1. The molecule has 1 N–H and O–H groups in total. The number of esters is 1. The van der Waals surface area contributed by atoms with Crippen molar-refractivity contribution >= 4 is 22.4 Å². The number of anilines is 1. The number of aromatic nitrogens is 1. The van der Waals surface area contributed by atoms with Gasteiger partial charge < -0.3 is 15.0 Å². The highest BCUT2D eigenvalue weighted by Crippen LogP contribution is 2.24. The second kappa shape index (κ2) is 7.04. The fraction of sp³-hybridized carbons (Fsp3) is 0.714. The van der Waals surface area contributed by atoms with E-state index in [1.165, 1.54) is 30.7 Å². The van der Waals surface area contributed by atoms with Crippen molar-refractivity contribution in [1.29, 1.82) is 0 Å². The van der Waals surface area contributed by atoms with Crippen molar-refractivity contribution in [3.63, 3.8) is 0 Å². The summed E-state index contributed by atoms with van der Waals surface area (Å²) < 4.78 is 5.03. The smallest absolute Gasteiger partial charge is 0.350 e. The normalized spacial score (nSPS) is 19.9. The maximum absolute atomic E-state index is 11.7. The Hall–Kier alpha value is -1.14. The molecule has 1 aliphatic rings. The molecule has 0 aromatic carbocycles. The van der Waals surface area contributed by atoms with E-state index in [4.69, 9.17) is 4.74 Å². The third kappa shape index (κ3) is 3.93. The highest BCUT2D eigenvalue weighted by molar-refractivity contribution is 7.17. The lowest BCUT2D eigenvalue weighted by molar-refractivity contribution is 0.0531. The molecule has 20 heavy (non-hydrogen) atoms. The zero-order valence-electron chi connectivity index (χ0n) is 12.4. The number of nitrogens with one attached hydrogen (secondary N) is 1. The van der Waals surface area contributed by atoms with E-state index in [0.29, 0.717) is 17.4 Å². The Morgan fingerprint density at radius 2 is 2.40 bits per heavy atom. The number of nitrogens with zero attached hydrogens (tertiary/aromatic N) is 2. The predicted octanol–water partition coefficient (Wildman–Crippen LogP) is 2.38. The van der Waals surface area contributed by atoms with Crippen LogP contribution in [0, 0.1) is 12.8 Å². The largest absolute Gasteiger partial charge is 0.462 e. The number of ether oxygens (including phenoxy) is 1. The van der Waals surface area contributed by atoms with Crippen molar-refractivity contribution in [2.75, 3.05) is 38.6 Å². The van der Waals surface area contributed by atoms with Gasteiger partial charge in [0.25, 0.3) is 0 Å². The Kier molecular flexibility index (Phi) is 5.37. The van der Waals surface area contributed by atoms with E-state index in [1.54, 1.807) is 0 Å². The van der Waals surface area contributed by atoms with E-state index < -0.39 is 0 Å². The molecular weight excluding hydrogens is 274 g/mol. The topological polar surface area (TPSA) is 54.5 Å².